The van der Waals surface area contributed by atoms with Crippen LogP contribution in [-0.4, -0.2) is 48.0 Å². The average Bonchev–Trinajstić information content (AvgIpc) is 3.53. The molecule has 1 heterocycles. The molecule has 0 bridgehead atoms. The van der Waals surface area contributed by atoms with Gasteiger partial charge in [-0.2, -0.15) is 11.8 Å². The highest BCUT2D eigenvalue weighted by atomic mass is 32.2. The Kier molecular flexibility index (Phi) is 12.4. The number of amides is 1. The maximum absolute atomic E-state index is 13.8. The molecule has 0 fully saturated rings. The first-order chi connectivity index (χ1) is 24.1. The number of aryl methyl sites for hydroxylation is 3. The highest BCUT2D eigenvalue weighted by Crippen LogP contribution is 2.37. The molecular formula is C43H48N2O4S. The van der Waals surface area contributed by atoms with Crippen molar-refractivity contribution in [2.75, 3.05) is 19.1 Å². The van der Waals surface area contributed by atoms with E-state index in [1.807, 2.05) is 49.6 Å². The molecule has 0 aliphatic carbocycles. The molecule has 50 heavy (non-hydrogen) atoms. The number of hydrogen-bond acceptors (Lipinski definition) is 6. The summed E-state index contributed by atoms with van der Waals surface area (Å²) in [6, 6.07) is 32.8. The van der Waals surface area contributed by atoms with Gasteiger partial charge in [0.2, 0.25) is 0 Å². The van der Waals surface area contributed by atoms with Crippen LogP contribution < -0.4 is 5.32 Å². The third-order valence-corrected chi connectivity index (χ3v) is 9.71. The van der Waals surface area contributed by atoms with Crippen LogP contribution in [0.25, 0.3) is 33.6 Å². The van der Waals surface area contributed by atoms with Gasteiger partial charge in [-0.15, -0.1) is 0 Å². The molecule has 0 saturated carbocycles. The minimum atomic E-state index is -0.719. The SMILES string of the molecule is COC(=O)C(CCSC)NC(=O)c1ccc(CN(Cc2cc(-c3cccc(C)c3)c(-c3ccc(C)cc3)o2)C(C)C)cc1-c1ccccc1C. The van der Waals surface area contributed by atoms with E-state index < -0.39 is 12.0 Å². The molecule has 1 N–H and O–H groups in total. The first-order valence-corrected chi connectivity index (χ1v) is 18.5. The summed E-state index contributed by atoms with van der Waals surface area (Å²) in [7, 11) is 1.35. The van der Waals surface area contributed by atoms with Crippen molar-refractivity contribution < 1.29 is 18.7 Å². The van der Waals surface area contributed by atoms with E-state index in [1.54, 1.807) is 11.8 Å². The van der Waals surface area contributed by atoms with Crippen molar-refractivity contribution >= 4 is 23.6 Å². The average molecular weight is 689 g/mol. The van der Waals surface area contributed by atoms with Crippen molar-refractivity contribution in [1.29, 1.82) is 0 Å². The number of nitrogens with zero attached hydrogens (tertiary/aromatic N) is 1. The number of hydrogen-bond donors (Lipinski definition) is 1. The van der Waals surface area contributed by atoms with Gasteiger partial charge in [0.15, 0.2) is 0 Å². The standard InChI is InChI=1S/C43H48N2O4S/c1-28(2)45(27-35-25-38(34-13-10-11-30(4)23-34)41(49-35)33-18-15-29(3)16-19-33)26-32-17-20-37(39(24-32)36-14-9-8-12-31(36)5)42(46)44-40(21-22-50-7)43(47)48-6/h8-20,23-25,28,40H,21-22,26-27H2,1-7H3,(H,44,46). The lowest BCUT2D eigenvalue weighted by Gasteiger charge is -2.26. The van der Waals surface area contributed by atoms with E-state index in [4.69, 9.17) is 9.15 Å². The summed E-state index contributed by atoms with van der Waals surface area (Å²) in [5, 5.41) is 2.95. The summed E-state index contributed by atoms with van der Waals surface area (Å²) in [4.78, 5) is 28.7. The van der Waals surface area contributed by atoms with Crippen LogP contribution in [0.4, 0.5) is 0 Å². The molecule has 7 heteroatoms. The predicted molar refractivity (Wildman–Crippen MR) is 206 cm³/mol. The Bertz CT molecular complexity index is 1930. The Morgan fingerprint density at radius 3 is 2.24 bits per heavy atom. The molecule has 0 saturated heterocycles. The molecule has 5 aromatic rings. The van der Waals surface area contributed by atoms with Crippen molar-refractivity contribution in [2.45, 2.75) is 66.2 Å². The predicted octanol–water partition coefficient (Wildman–Crippen LogP) is 9.64. The Labute approximate surface area is 301 Å². The van der Waals surface area contributed by atoms with Gasteiger partial charge in [-0.1, -0.05) is 90.0 Å². The minimum Gasteiger partial charge on any atom is -0.467 e. The normalized spacial score (nSPS) is 11.9. The molecule has 6 nitrogen and oxygen atoms in total. The maximum Gasteiger partial charge on any atom is 0.328 e. The molecule has 0 radical (unpaired) electrons. The number of thioether (sulfide) groups is 1. The Hall–Kier alpha value is -4.59. The number of carbonyl (C=O) groups is 2. The zero-order valence-electron chi connectivity index (χ0n) is 30.2. The van der Waals surface area contributed by atoms with Gasteiger partial charge in [-0.25, -0.2) is 4.79 Å². The zero-order chi connectivity index (χ0) is 35.8. The zero-order valence-corrected chi connectivity index (χ0v) is 31.0. The van der Waals surface area contributed by atoms with E-state index in [2.05, 4.69) is 98.6 Å². The number of rotatable bonds is 14. The van der Waals surface area contributed by atoms with E-state index in [9.17, 15) is 9.59 Å². The molecule has 1 atom stereocenters. The molecule has 0 spiro atoms. The fraction of sp³-hybridized carbons (Fsp3) is 0.302. The van der Waals surface area contributed by atoms with Crippen LogP contribution in [0.1, 0.15) is 58.6 Å². The summed E-state index contributed by atoms with van der Waals surface area (Å²) in [5.41, 5.74) is 10.1. The van der Waals surface area contributed by atoms with Crippen LogP contribution in [0.15, 0.2) is 101 Å². The van der Waals surface area contributed by atoms with Gasteiger partial charge in [0.1, 0.15) is 17.6 Å². The van der Waals surface area contributed by atoms with Gasteiger partial charge in [-0.05, 0) is 99.1 Å². The van der Waals surface area contributed by atoms with Crippen molar-refractivity contribution in [2.24, 2.45) is 0 Å². The summed E-state index contributed by atoms with van der Waals surface area (Å²) in [6.45, 7) is 11.9. The summed E-state index contributed by atoms with van der Waals surface area (Å²) in [5.74, 6) is 1.75. The van der Waals surface area contributed by atoms with E-state index in [0.717, 1.165) is 56.2 Å². The molecule has 1 amide bonds. The molecule has 5 rings (SSSR count). The van der Waals surface area contributed by atoms with Crippen molar-refractivity contribution in [1.82, 2.24) is 10.2 Å². The number of methoxy groups -OCH3 is 1. The lowest BCUT2D eigenvalue weighted by atomic mass is 9.93. The third-order valence-electron chi connectivity index (χ3n) is 9.07. The van der Waals surface area contributed by atoms with Crippen LogP contribution >= 0.6 is 11.8 Å². The Balaban J connectivity index is 1.48. The van der Waals surface area contributed by atoms with Gasteiger partial charge in [0, 0.05) is 29.3 Å². The number of nitrogens with one attached hydrogen (secondary N) is 1. The highest BCUT2D eigenvalue weighted by Gasteiger charge is 2.25. The smallest absolute Gasteiger partial charge is 0.328 e. The quantitative estimate of drug-likeness (QED) is 0.117. The van der Waals surface area contributed by atoms with Gasteiger partial charge >= 0.3 is 5.97 Å². The topological polar surface area (TPSA) is 71.8 Å². The lowest BCUT2D eigenvalue weighted by Crippen LogP contribution is -2.42. The van der Waals surface area contributed by atoms with Crippen molar-refractivity contribution in [3.8, 4) is 33.6 Å². The molecule has 0 aliphatic heterocycles. The monoisotopic (exact) mass is 688 g/mol. The molecule has 1 unspecified atom stereocenters. The second kappa shape index (κ2) is 16.9. The number of ether oxygens (including phenoxy) is 1. The summed E-state index contributed by atoms with van der Waals surface area (Å²) >= 11 is 1.62. The van der Waals surface area contributed by atoms with Gasteiger partial charge < -0.3 is 14.5 Å². The number of carbonyl (C=O) groups excluding carboxylic acids is 2. The highest BCUT2D eigenvalue weighted by molar-refractivity contribution is 7.98. The maximum atomic E-state index is 13.8. The van der Waals surface area contributed by atoms with Crippen LogP contribution in [-0.2, 0) is 22.6 Å². The van der Waals surface area contributed by atoms with Crippen LogP contribution in [0.5, 0.6) is 0 Å². The van der Waals surface area contributed by atoms with Gasteiger partial charge in [0.05, 0.1) is 13.7 Å². The summed E-state index contributed by atoms with van der Waals surface area (Å²) in [6.07, 6.45) is 2.47. The molecular weight excluding hydrogens is 641 g/mol. The third kappa shape index (κ3) is 8.95. The van der Waals surface area contributed by atoms with E-state index in [-0.39, 0.29) is 11.9 Å². The second-order valence-corrected chi connectivity index (χ2v) is 14.2. The molecule has 0 aliphatic rings. The van der Waals surface area contributed by atoms with E-state index in [1.165, 1.54) is 18.2 Å². The minimum absolute atomic E-state index is 0.215. The Morgan fingerprint density at radius 2 is 1.56 bits per heavy atom. The second-order valence-electron chi connectivity index (χ2n) is 13.2. The molecule has 1 aromatic heterocycles. The first-order valence-electron chi connectivity index (χ1n) is 17.1. The van der Waals surface area contributed by atoms with E-state index >= 15 is 0 Å². The van der Waals surface area contributed by atoms with Crippen molar-refractivity contribution in [3.05, 3.63) is 131 Å². The largest absolute Gasteiger partial charge is 0.467 e. The number of furan rings is 1. The molecule has 260 valence electrons. The van der Waals surface area contributed by atoms with Crippen LogP contribution in [0.2, 0.25) is 0 Å². The fourth-order valence-corrected chi connectivity index (χ4v) is 6.64. The molecule has 4 aromatic carbocycles. The van der Waals surface area contributed by atoms with E-state index in [0.29, 0.717) is 25.1 Å². The fourth-order valence-electron chi connectivity index (χ4n) is 6.17. The first kappa shape index (κ1) is 36.7. The van der Waals surface area contributed by atoms with Crippen LogP contribution in [0, 0.1) is 20.8 Å². The van der Waals surface area contributed by atoms with Crippen molar-refractivity contribution in [3.63, 3.8) is 0 Å². The van der Waals surface area contributed by atoms with Gasteiger partial charge in [-0.3, -0.25) is 9.69 Å². The number of esters is 1. The number of benzene rings is 4. The lowest BCUT2D eigenvalue weighted by molar-refractivity contribution is -0.142. The summed E-state index contributed by atoms with van der Waals surface area (Å²) < 4.78 is 11.7. The van der Waals surface area contributed by atoms with Crippen LogP contribution in [0.3, 0.4) is 0 Å². The van der Waals surface area contributed by atoms with Gasteiger partial charge in [0.25, 0.3) is 5.91 Å². The Morgan fingerprint density at radius 1 is 0.800 bits per heavy atom.